The van der Waals surface area contributed by atoms with Crippen LogP contribution in [0.4, 0.5) is 10.1 Å². The van der Waals surface area contributed by atoms with Crippen LogP contribution in [0.3, 0.4) is 0 Å². The lowest BCUT2D eigenvalue weighted by Gasteiger charge is -2.30. The topological polar surface area (TPSA) is 27.0 Å². The molecule has 0 N–H and O–H groups in total. The van der Waals surface area contributed by atoms with Crippen LogP contribution in [0.5, 0.6) is 0 Å². The molecule has 2 unspecified atom stereocenters. The molecule has 0 saturated carbocycles. The van der Waals surface area contributed by atoms with Crippen molar-refractivity contribution in [2.24, 2.45) is 17.3 Å². The van der Waals surface area contributed by atoms with Crippen molar-refractivity contribution in [2.45, 2.75) is 27.7 Å². The zero-order valence-corrected chi connectivity index (χ0v) is 12.1. The van der Waals surface area contributed by atoms with E-state index in [4.69, 9.17) is 5.26 Å². The predicted molar refractivity (Wildman–Crippen MR) is 75.4 cm³/mol. The number of hydrogen-bond donors (Lipinski definition) is 0. The summed E-state index contributed by atoms with van der Waals surface area (Å²) in [6.07, 6.45) is 0. The van der Waals surface area contributed by atoms with Crippen LogP contribution in [-0.4, -0.2) is 13.1 Å². The number of benzene rings is 1. The average Bonchev–Trinajstić information content (AvgIpc) is 2.70. The molecule has 0 bridgehead atoms. The molecule has 1 heterocycles. The van der Waals surface area contributed by atoms with Crippen LogP contribution in [0.15, 0.2) is 18.2 Å². The van der Waals surface area contributed by atoms with Gasteiger partial charge >= 0.3 is 0 Å². The Labute approximate surface area is 114 Å². The third-order valence-corrected chi connectivity index (χ3v) is 4.14. The van der Waals surface area contributed by atoms with Gasteiger partial charge in [0, 0.05) is 13.1 Å². The van der Waals surface area contributed by atoms with Gasteiger partial charge in [0.15, 0.2) is 0 Å². The largest absolute Gasteiger partial charge is 0.369 e. The number of nitrogens with zero attached hydrogens (tertiary/aromatic N) is 2. The van der Waals surface area contributed by atoms with E-state index < -0.39 is 0 Å². The fraction of sp³-hybridized carbons (Fsp3) is 0.562. The number of nitriles is 1. The predicted octanol–water partition coefficient (Wildman–Crippen LogP) is 3.82. The van der Waals surface area contributed by atoms with Crippen molar-refractivity contribution < 1.29 is 4.39 Å². The van der Waals surface area contributed by atoms with Gasteiger partial charge in [-0.1, -0.05) is 27.7 Å². The van der Waals surface area contributed by atoms with E-state index in [1.165, 1.54) is 6.07 Å². The Morgan fingerprint density at radius 1 is 1.32 bits per heavy atom. The summed E-state index contributed by atoms with van der Waals surface area (Å²) in [6, 6.07) is 6.71. The van der Waals surface area contributed by atoms with Gasteiger partial charge in [-0.25, -0.2) is 4.39 Å². The fourth-order valence-electron chi connectivity index (χ4n) is 3.12. The summed E-state index contributed by atoms with van der Waals surface area (Å²) in [4.78, 5) is 2.11. The highest BCUT2D eigenvalue weighted by atomic mass is 19.1. The molecule has 0 radical (unpaired) electrons. The highest BCUT2D eigenvalue weighted by Crippen LogP contribution is 2.39. The molecular weight excluding hydrogens is 239 g/mol. The minimum absolute atomic E-state index is 0.233. The Hall–Kier alpha value is -1.56. The molecule has 2 atom stereocenters. The van der Waals surface area contributed by atoms with Gasteiger partial charge in [-0.3, -0.25) is 0 Å². The number of anilines is 1. The number of halogens is 1. The molecule has 3 heteroatoms. The molecule has 102 valence electrons. The summed E-state index contributed by atoms with van der Waals surface area (Å²) >= 11 is 0. The van der Waals surface area contributed by atoms with E-state index in [-0.39, 0.29) is 11.2 Å². The van der Waals surface area contributed by atoms with Gasteiger partial charge in [-0.15, -0.1) is 0 Å². The SMILES string of the molecule is CC1CN(c2ccc(C#N)cc2F)CC1C(C)(C)C. The molecule has 1 saturated heterocycles. The molecule has 0 aromatic heterocycles. The Balaban J connectivity index is 2.24. The summed E-state index contributed by atoms with van der Waals surface area (Å²) < 4.78 is 14.0. The van der Waals surface area contributed by atoms with Gasteiger partial charge in [-0.2, -0.15) is 5.26 Å². The Bertz CT molecular complexity index is 510. The zero-order chi connectivity index (χ0) is 14.2. The van der Waals surface area contributed by atoms with Crippen LogP contribution >= 0.6 is 0 Å². The van der Waals surface area contributed by atoms with Gasteiger partial charge in [-0.05, 0) is 35.4 Å². The van der Waals surface area contributed by atoms with E-state index in [1.54, 1.807) is 12.1 Å². The van der Waals surface area contributed by atoms with Crippen LogP contribution in [0.25, 0.3) is 0 Å². The smallest absolute Gasteiger partial charge is 0.147 e. The molecule has 2 nitrogen and oxygen atoms in total. The maximum Gasteiger partial charge on any atom is 0.147 e. The van der Waals surface area contributed by atoms with Crippen molar-refractivity contribution in [2.75, 3.05) is 18.0 Å². The number of hydrogen-bond acceptors (Lipinski definition) is 2. The Kier molecular flexibility index (Phi) is 3.54. The zero-order valence-electron chi connectivity index (χ0n) is 12.1. The van der Waals surface area contributed by atoms with Crippen molar-refractivity contribution >= 4 is 5.69 Å². The minimum atomic E-state index is -0.291. The normalized spacial score (nSPS) is 23.5. The van der Waals surface area contributed by atoms with Crippen LogP contribution < -0.4 is 4.90 Å². The van der Waals surface area contributed by atoms with Gasteiger partial charge < -0.3 is 4.90 Å². The second kappa shape index (κ2) is 4.85. The average molecular weight is 260 g/mol. The first kappa shape index (κ1) is 13.9. The first-order valence-electron chi connectivity index (χ1n) is 6.77. The third kappa shape index (κ3) is 2.73. The molecule has 0 amide bonds. The molecule has 0 aliphatic carbocycles. The van der Waals surface area contributed by atoms with Crippen molar-refractivity contribution in [1.29, 1.82) is 5.26 Å². The summed E-state index contributed by atoms with van der Waals surface area (Å²) in [6.45, 7) is 10.7. The first-order valence-corrected chi connectivity index (χ1v) is 6.77. The molecule has 19 heavy (non-hydrogen) atoms. The van der Waals surface area contributed by atoms with Gasteiger partial charge in [0.2, 0.25) is 0 Å². The summed E-state index contributed by atoms with van der Waals surface area (Å²) in [7, 11) is 0. The molecule has 1 aliphatic heterocycles. The monoisotopic (exact) mass is 260 g/mol. The Morgan fingerprint density at radius 2 is 2.00 bits per heavy atom. The highest BCUT2D eigenvalue weighted by molar-refractivity contribution is 5.52. The molecule has 1 aromatic carbocycles. The van der Waals surface area contributed by atoms with Crippen molar-refractivity contribution in [3.63, 3.8) is 0 Å². The highest BCUT2D eigenvalue weighted by Gasteiger charge is 2.37. The molecule has 1 aliphatic rings. The van der Waals surface area contributed by atoms with Crippen LogP contribution in [0, 0.1) is 34.4 Å². The maximum absolute atomic E-state index is 14.0. The van der Waals surface area contributed by atoms with Crippen molar-refractivity contribution in [3.05, 3.63) is 29.6 Å². The van der Waals surface area contributed by atoms with Crippen LogP contribution in [0.2, 0.25) is 0 Å². The second-order valence-corrected chi connectivity index (χ2v) is 6.63. The van der Waals surface area contributed by atoms with Gasteiger partial charge in [0.1, 0.15) is 5.82 Å². The van der Waals surface area contributed by atoms with Gasteiger partial charge in [0.05, 0.1) is 17.3 Å². The third-order valence-electron chi connectivity index (χ3n) is 4.14. The van der Waals surface area contributed by atoms with E-state index in [2.05, 4.69) is 32.6 Å². The van der Waals surface area contributed by atoms with E-state index in [1.807, 2.05) is 6.07 Å². The van der Waals surface area contributed by atoms with E-state index in [9.17, 15) is 4.39 Å². The summed E-state index contributed by atoms with van der Waals surface area (Å²) in [5.41, 5.74) is 1.23. The standard InChI is InChI=1S/C16H21FN2/c1-11-9-19(10-13(11)16(2,3)4)15-6-5-12(8-18)7-14(15)17/h5-7,11,13H,9-10H2,1-4H3. The maximum atomic E-state index is 14.0. The van der Waals surface area contributed by atoms with Crippen LogP contribution in [-0.2, 0) is 0 Å². The van der Waals surface area contributed by atoms with Crippen LogP contribution in [0.1, 0.15) is 33.3 Å². The summed E-state index contributed by atoms with van der Waals surface area (Å²) in [5.74, 6) is 0.818. The van der Waals surface area contributed by atoms with E-state index in [0.29, 0.717) is 23.1 Å². The minimum Gasteiger partial charge on any atom is -0.369 e. The van der Waals surface area contributed by atoms with E-state index in [0.717, 1.165) is 13.1 Å². The number of rotatable bonds is 1. The summed E-state index contributed by atoms with van der Waals surface area (Å²) in [5, 5.41) is 8.78. The molecule has 0 spiro atoms. The van der Waals surface area contributed by atoms with E-state index >= 15 is 0 Å². The van der Waals surface area contributed by atoms with Crippen molar-refractivity contribution in [3.8, 4) is 6.07 Å². The van der Waals surface area contributed by atoms with Gasteiger partial charge in [0.25, 0.3) is 0 Å². The molecule has 1 fully saturated rings. The lowest BCUT2D eigenvalue weighted by molar-refractivity contribution is 0.214. The Morgan fingerprint density at radius 3 is 2.47 bits per heavy atom. The first-order chi connectivity index (χ1) is 8.82. The lowest BCUT2D eigenvalue weighted by Crippen LogP contribution is -2.27. The molecular formula is C16H21FN2. The van der Waals surface area contributed by atoms with Crippen molar-refractivity contribution in [1.82, 2.24) is 0 Å². The molecule has 2 rings (SSSR count). The second-order valence-electron chi connectivity index (χ2n) is 6.63. The molecule has 1 aromatic rings. The lowest BCUT2D eigenvalue weighted by atomic mass is 9.76. The quantitative estimate of drug-likeness (QED) is 0.767. The fourth-order valence-corrected chi connectivity index (χ4v) is 3.12.